The molecule has 102 valence electrons. The largest absolute Gasteiger partial charge is 0.330 e. The maximum absolute atomic E-state index is 12.5. The number of Topliss-reactive ketones (excluding diaryl/α,β-unsaturated/α-hetero) is 1. The van der Waals surface area contributed by atoms with E-state index in [1.54, 1.807) is 0 Å². The van der Waals surface area contributed by atoms with Crippen molar-refractivity contribution in [2.24, 2.45) is 11.1 Å². The number of carbonyl (C=O) groups is 1. The highest BCUT2D eigenvalue weighted by Crippen LogP contribution is 2.20. The molecule has 0 aromatic heterocycles. The van der Waals surface area contributed by atoms with Gasteiger partial charge in [0.05, 0.1) is 6.04 Å². The van der Waals surface area contributed by atoms with Crippen LogP contribution in [-0.2, 0) is 4.79 Å². The third-order valence-electron chi connectivity index (χ3n) is 2.31. The zero-order chi connectivity index (χ0) is 15.5. The minimum Gasteiger partial charge on any atom is -0.330 e. The predicted octanol–water partition coefficient (Wildman–Crippen LogP) is 2.49. The Labute approximate surface area is 109 Å². The maximum Gasteiger partial charge on any atom is 0.155 e. The molecule has 0 saturated heterocycles. The summed E-state index contributed by atoms with van der Waals surface area (Å²) in [5.74, 6) is -0.0931. The summed E-state index contributed by atoms with van der Waals surface area (Å²) in [5.41, 5.74) is 4.56. The fourth-order valence-electron chi connectivity index (χ4n) is 1.42. The van der Waals surface area contributed by atoms with Gasteiger partial charge in [-0.05, 0) is 40.1 Å². The Morgan fingerprint density at radius 2 is 1.76 bits per heavy atom. The fourth-order valence-corrected chi connectivity index (χ4v) is 1.42. The molecule has 17 heavy (non-hydrogen) atoms. The zero-order valence-electron chi connectivity index (χ0n) is 14.2. The summed E-state index contributed by atoms with van der Waals surface area (Å²) in [6, 6.07) is -0.806. The van der Waals surface area contributed by atoms with Gasteiger partial charge in [-0.2, -0.15) is 0 Å². The molecule has 3 heteroatoms. The molecule has 0 heterocycles. The summed E-state index contributed by atoms with van der Waals surface area (Å²) < 4.78 is 16.4. The van der Waals surface area contributed by atoms with Crippen molar-refractivity contribution in [2.45, 2.75) is 72.3 Å². The average Bonchev–Trinajstić information content (AvgIpc) is 2.19. The first-order valence-corrected chi connectivity index (χ1v) is 6.33. The summed E-state index contributed by atoms with van der Waals surface area (Å²) in [7, 11) is 0. The topological polar surface area (TPSA) is 55.1 Å². The number of hydrogen-bond acceptors (Lipinski definition) is 3. The van der Waals surface area contributed by atoms with Gasteiger partial charge < -0.3 is 11.1 Å². The van der Waals surface area contributed by atoms with Crippen molar-refractivity contribution in [3.8, 4) is 0 Å². The second-order valence-corrected chi connectivity index (χ2v) is 6.54. The molecule has 0 fully saturated rings. The van der Waals surface area contributed by atoms with Crippen LogP contribution < -0.4 is 11.1 Å². The minimum atomic E-state index is -1.59. The van der Waals surface area contributed by atoms with Crippen LogP contribution in [0.15, 0.2) is 0 Å². The van der Waals surface area contributed by atoms with E-state index in [4.69, 9.17) is 8.48 Å². The van der Waals surface area contributed by atoms with E-state index in [1.165, 1.54) is 0 Å². The average molecular weight is 244 g/mol. The first kappa shape index (κ1) is 13.0. The van der Waals surface area contributed by atoms with Crippen LogP contribution in [0.2, 0.25) is 0 Å². The number of ketones is 1. The third kappa shape index (κ3) is 7.50. The molecule has 0 spiro atoms. The molecule has 0 aliphatic heterocycles. The van der Waals surface area contributed by atoms with E-state index in [9.17, 15) is 4.79 Å². The molecule has 0 unspecified atom stereocenters. The van der Waals surface area contributed by atoms with Crippen LogP contribution in [0.5, 0.6) is 0 Å². The van der Waals surface area contributed by atoms with Crippen molar-refractivity contribution in [3.63, 3.8) is 0 Å². The third-order valence-corrected chi connectivity index (χ3v) is 2.31. The van der Waals surface area contributed by atoms with Crippen LogP contribution in [0.1, 0.15) is 63.5 Å². The van der Waals surface area contributed by atoms with E-state index >= 15 is 0 Å². The van der Waals surface area contributed by atoms with Gasteiger partial charge in [-0.25, -0.2) is 0 Å². The molecule has 0 aromatic rings. The highest BCUT2D eigenvalue weighted by molar-refractivity contribution is 5.88. The van der Waals surface area contributed by atoms with Crippen LogP contribution >= 0.6 is 0 Å². The van der Waals surface area contributed by atoms with Crippen LogP contribution in [-0.4, -0.2) is 23.9 Å². The van der Waals surface area contributed by atoms with Crippen LogP contribution in [0.4, 0.5) is 0 Å². The van der Waals surface area contributed by atoms with Gasteiger partial charge in [-0.3, -0.25) is 4.79 Å². The summed E-state index contributed by atoms with van der Waals surface area (Å²) in [6.45, 7) is 11.7. The van der Waals surface area contributed by atoms with Gasteiger partial charge in [-0.15, -0.1) is 0 Å². The van der Waals surface area contributed by atoms with Gasteiger partial charge in [0.15, 0.2) is 5.78 Å². The van der Waals surface area contributed by atoms with E-state index in [-0.39, 0.29) is 11.3 Å². The molecule has 3 nitrogen and oxygen atoms in total. The maximum atomic E-state index is 12.5. The van der Waals surface area contributed by atoms with Crippen molar-refractivity contribution < 1.29 is 7.54 Å². The zero-order valence-corrected chi connectivity index (χ0v) is 12.2. The lowest BCUT2D eigenvalue weighted by molar-refractivity contribution is -0.129. The molecule has 0 rings (SSSR count). The molecule has 3 N–H and O–H groups in total. The Morgan fingerprint density at radius 3 is 2.12 bits per heavy atom. The van der Waals surface area contributed by atoms with Crippen LogP contribution in [0, 0.1) is 5.41 Å². The molecule has 0 saturated carbocycles. The van der Waals surface area contributed by atoms with E-state index in [0.717, 1.165) is 0 Å². The van der Waals surface area contributed by atoms with Crippen LogP contribution in [0.3, 0.4) is 0 Å². The highest BCUT2D eigenvalue weighted by atomic mass is 16.1. The number of nitrogens with one attached hydrogen (secondary N) is 1. The number of rotatable bonds is 6. The molecule has 0 aliphatic rings. The fraction of sp³-hybridized carbons (Fsp3) is 0.929. The van der Waals surface area contributed by atoms with E-state index < -0.39 is 17.8 Å². The molecule has 1 atom stereocenters. The minimum absolute atomic E-state index is 0.0931. The smallest absolute Gasteiger partial charge is 0.155 e. The molecular formula is C14H30N2O. The lowest BCUT2D eigenvalue weighted by Crippen LogP contribution is -2.50. The van der Waals surface area contributed by atoms with Crippen LogP contribution in [0.25, 0.3) is 0 Å². The van der Waals surface area contributed by atoms with Gasteiger partial charge in [0.25, 0.3) is 0 Å². The molecule has 0 bridgehead atoms. The van der Waals surface area contributed by atoms with Gasteiger partial charge in [0, 0.05) is 13.7 Å². The van der Waals surface area contributed by atoms with Gasteiger partial charge in [0.2, 0.25) is 0 Å². The number of carbonyl (C=O) groups excluding carboxylic acids is 1. The second-order valence-electron chi connectivity index (χ2n) is 6.54. The van der Waals surface area contributed by atoms with Crippen molar-refractivity contribution in [1.29, 1.82) is 0 Å². The second kappa shape index (κ2) is 6.50. The Morgan fingerprint density at radius 1 is 1.24 bits per heavy atom. The molecular weight excluding hydrogens is 212 g/mol. The van der Waals surface area contributed by atoms with E-state index in [1.807, 2.05) is 41.5 Å². The Balaban J connectivity index is 5.22. The number of nitrogens with two attached hydrogens (primary N) is 1. The first-order valence-electron chi connectivity index (χ1n) is 7.33. The van der Waals surface area contributed by atoms with Crippen molar-refractivity contribution in [2.75, 3.05) is 6.54 Å². The molecule has 0 aromatic carbocycles. The van der Waals surface area contributed by atoms with Gasteiger partial charge >= 0.3 is 0 Å². The normalized spacial score (nSPS) is 17.4. The highest BCUT2D eigenvalue weighted by Gasteiger charge is 2.31. The quantitative estimate of drug-likeness (QED) is 0.755. The van der Waals surface area contributed by atoms with Crippen molar-refractivity contribution in [1.82, 2.24) is 5.32 Å². The van der Waals surface area contributed by atoms with Gasteiger partial charge in [0.1, 0.15) is 0 Å². The Kier molecular flexibility index (Phi) is 4.99. The predicted molar refractivity (Wildman–Crippen MR) is 74.0 cm³/mol. The summed E-state index contributed by atoms with van der Waals surface area (Å²) in [5, 5.41) is 3.15. The monoisotopic (exact) mass is 244 g/mol. The lowest BCUT2D eigenvalue weighted by atomic mass is 9.84. The van der Waals surface area contributed by atoms with Crippen molar-refractivity contribution in [3.05, 3.63) is 0 Å². The summed E-state index contributed by atoms with van der Waals surface area (Å²) in [6.07, 6.45) is -0.719. The molecule has 0 aliphatic carbocycles. The first-order chi connectivity index (χ1) is 8.31. The van der Waals surface area contributed by atoms with E-state index in [2.05, 4.69) is 5.32 Å². The Hall–Kier alpha value is -0.410. The standard InChI is InChI=1S/C14H30N2O/c1-13(2,3)12(17)11(9-7-8-10-15)16-14(4,5)6/h11,16H,7-10,15H2,1-6H3/t11-/m0/s1/i9D2. The van der Waals surface area contributed by atoms with E-state index in [0.29, 0.717) is 19.4 Å². The number of hydrogen-bond donors (Lipinski definition) is 2. The van der Waals surface area contributed by atoms with Gasteiger partial charge in [-0.1, -0.05) is 27.2 Å². The summed E-state index contributed by atoms with van der Waals surface area (Å²) in [4.78, 5) is 12.5. The Bertz CT molecular complexity index is 304. The molecule has 0 amide bonds. The molecule has 0 radical (unpaired) electrons. The SMILES string of the molecule is [2H]C([2H])(CCCN)[C@H](NC(C)(C)C)C(=O)C(C)(C)C. The van der Waals surface area contributed by atoms with Crippen molar-refractivity contribution >= 4 is 5.78 Å². The summed E-state index contributed by atoms with van der Waals surface area (Å²) >= 11 is 0. The lowest BCUT2D eigenvalue weighted by Gasteiger charge is -2.31.